The molecule has 2 aromatic heterocycles. The van der Waals surface area contributed by atoms with Crippen LogP contribution in [0.3, 0.4) is 0 Å². The van der Waals surface area contributed by atoms with Gasteiger partial charge in [-0.25, -0.2) is 13.1 Å². The second-order valence-corrected chi connectivity index (χ2v) is 7.73. The number of anilines is 1. The second-order valence-electron chi connectivity index (χ2n) is 5.50. The lowest BCUT2D eigenvalue weighted by molar-refractivity contribution is 0.504. The highest BCUT2D eigenvalue weighted by molar-refractivity contribution is 7.91. The molecular weight excluding hydrogens is 290 g/mol. The van der Waals surface area contributed by atoms with E-state index in [1.165, 1.54) is 0 Å². The number of nitrogens with two attached hydrogens (primary N) is 1. The SMILES string of the molecule is CCc1c(-c2occc2C)nn(C2CCS(=O)(=O)C2)c1N. The first-order chi connectivity index (χ1) is 9.93. The molecule has 0 aromatic carbocycles. The summed E-state index contributed by atoms with van der Waals surface area (Å²) in [6, 6.07) is 1.70. The Morgan fingerprint density at radius 3 is 2.81 bits per heavy atom. The lowest BCUT2D eigenvalue weighted by Gasteiger charge is -2.10. The largest absolute Gasteiger partial charge is 0.462 e. The van der Waals surface area contributed by atoms with Gasteiger partial charge in [-0.3, -0.25) is 0 Å². The Morgan fingerprint density at radius 1 is 1.52 bits per heavy atom. The highest BCUT2D eigenvalue weighted by Gasteiger charge is 2.32. The van der Waals surface area contributed by atoms with Crippen molar-refractivity contribution in [2.24, 2.45) is 0 Å². The van der Waals surface area contributed by atoms with E-state index in [1.54, 1.807) is 10.9 Å². The molecule has 0 radical (unpaired) electrons. The molecule has 1 aliphatic heterocycles. The van der Waals surface area contributed by atoms with Crippen molar-refractivity contribution in [3.8, 4) is 11.5 Å². The van der Waals surface area contributed by atoms with Gasteiger partial charge >= 0.3 is 0 Å². The molecule has 0 amide bonds. The molecule has 0 aliphatic carbocycles. The summed E-state index contributed by atoms with van der Waals surface area (Å²) in [5.41, 5.74) is 8.84. The lowest BCUT2D eigenvalue weighted by Crippen LogP contribution is -2.15. The van der Waals surface area contributed by atoms with E-state index >= 15 is 0 Å². The van der Waals surface area contributed by atoms with E-state index in [2.05, 4.69) is 5.10 Å². The third-order valence-electron chi connectivity index (χ3n) is 4.03. The molecule has 21 heavy (non-hydrogen) atoms. The fourth-order valence-electron chi connectivity index (χ4n) is 2.87. The van der Waals surface area contributed by atoms with E-state index in [0.29, 0.717) is 18.0 Å². The summed E-state index contributed by atoms with van der Waals surface area (Å²) < 4.78 is 30.5. The Labute approximate surface area is 123 Å². The quantitative estimate of drug-likeness (QED) is 0.935. The summed E-state index contributed by atoms with van der Waals surface area (Å²) >= 11 is 0. The molecule has 114 valence electrons. The third kappa shape index (κ3) is 2.35. The normalized spacial score (nSPS) is 21.0. The van der Waals surface area contributed by atoms with E-state index in [0.717, 1.165) is 23.2 Å². The average molecular weight is 309 g/mol. The molecule has 0 saturated carbocycles. The molecule has 2 N–H and O–H groups in total. The van der Waals surface area contributed by atoms with Crippen LogP contribution >= 0.6 is 0 Å². The Morgan fingerprint density at radius 2 is 2.29 bits per heavy atom. The van der Waals surface area contributed by atoms with E-state index in [4.69, 9.17) is 10.2 Å². The number of furan rings is 1. The molecule has 2 aromatic rings. The fourth-order valence-corrected chi connectivity index (χ4v) is 4.57. The van der Waals surface area contributed by atoms with Crippen molar-refractivity contribution in [2.75, 3.05) is 17.2 Å². The highest BCUT2D eigenvalue weighted by Crippen LogP contribution is 2.34. The Balaban J connectivity index is 2.08. The number of hydrogen-bond donors (Lipinski definition) is 1. The molecule has 7 heteroatoms. The zero-order valence-corrected chi connectivity index (χ0v) is 13.0. The van der Waals surface area contributed by atoms with Crippen LogP contribution < -0.4 is 5.73 Å². The average Bonchev–Trinajstić information content (AvgIpc) is 3.07. The Bertz CT molecular complexity index is 773. The van der Waals surface area contributed by atoms with Gasteiger partial charge in [0.05, 0.1) is 23.8 Å². The molecule has 0 spiro atoms. The van der Waals surface area contributed by atoms with Gasteiger partial charge in [0.15, 0.2) is 15.6 Å². The zero-order valence-electron chi connectivity index (χ0n) is 12.2. The zero-order chi connectivity index (χ0) is 15.2. The van der Waals surface area contributed by atoms with Crippen molar-refractivity contribution in [3.63, 3.8) is 0 Å². The summed E-state index contributed by atoms with van der Waals surface area (Å²) in [4.78, 5) is 0. The molecule has 1 fully saturated rings. The molecule has 6 nitrogen and oxygen atoms in total. The monoisotopic (exact) mass is 309 g/mol. The minimum Gasteiger partial charge on any atom is -0.462 e. The molecule has 0 bridgehead atoms. The maximum Gasteiger partial charge on any atom is 0.157 e. The molecule has 1 unspecified atom stereocenters. The number of nitrogen functional groups attached to an aromatic ring is 1. The Hall–Kier alpha value is -1.76. The van der Waals surface area contributed by atoms with Crippen LogP contribution in [0.25, 0.3) is 11.5 Å². The van der Waals surface area contributed by atoms with Crippen LogP contribution in [0.1, 0.15) is 30.5 Å². The maximum atomic E-state index is 11.7. The van der Waals surface area contributed by atoms with Gasteiger partial charge in [0.2, 0.25) is 0 Å². The molecule has 1 atom stereocenters. The van der Waals surface area contributed by atoms with Crippen molar-refractivity contribution in [1.29, 1.82) is 0 Å². The minimum atomic E-state index is -2.97. The fraction of sp³-hybridized carbons (Fsp3) is 0.500. The van der Waals surface area contributed by atoms with Crippen LogP contribution in [0.15, 0.2) is 16.7 Å². The lowest BCUT2D eigenvalue weighted by atomic mass is 10.1. The van der Waals surface area contributed by atoms with Crippen LogP contribution in [0, 0.1) is 6.92 Å². The van der Waals surface area contributed by atoms with Gasteiger partial charge < -0.3 is 10.2 Å². The van der Waals surface area contributed by atoms with Crippen LogP contribution in [-0.4, -0.2) is 29.7 Å². The predicted octanol–water partition coefficient (Wildman–Crippen LogP) is 1.96. The number of aromatic nitrogens is 2. The van der Waals surface area contributed by atoms with Gasteiger partial charge in [-0.05, 0) is 31.4 Å². The number of rotatable bonds is 3. The predicted molar refractivity (Wildman–Crippen MR) is 80.8 cm³/mol. The van der Waals surface area contributed by atoms with E-state index in [1.807, 2.05) is 19.9 Å². The highest BCUT2D eigenvalue weighted by atomic mass is 32.2. The van der Waals surface area contributed by atoms with Gasteiger partial charge in [0.25, 0.3) is 0 Å². The first-order valence-corrected chi connectivity index (χ1v) is 8.87. The van der Waals surface area contributed by atoms with Crippen LogP contribution in [0.4, 0.5) is 5.82 Å². The van der Waals surface area contributed by atoms with Crippen LogP contribution in [-0.2, 0) is 16.3 Å². The van der Waals surface area contributed by atoms with Crippen molar-refractivity contribution >= 4 is 15.7 Å². The topological polar surface area (TPSA) is 91.1 Å². The summed E-state index contributed by atoms with van der Waals surface area (Å²) in [6.07, 6.45) is 2.91. The summed E-state index contributed by atoms with van der Waals surface area (Å²) in [5, 5.41) is 4.56. The Kier molecular flexibility index (Phi) is 3.32. The summed E-state index contributed by atoms with van der Waals surface area (Å²) in [5.74, 6) is 1.56. The number of hydrogen-bond acceptors (Lipinski definition) is 5. The molecule has 3 rings (SSSR count). The maximum absolute atomic E-state index is 11.7. The van der Waals surface area contributed by atoms with E-state index in [-0.39, 0.29) is 17.5 Å². The first kappa shape index (κ1) is 14.2. The van der Waals surface area contributed by atoms with Crippen LogP contribution in [0.5, 0.6) is 0 Å². The summed E-state index contributed by atoms with van der Waals surface area (Å²) in [6.45, 7) is 3.96. The number of aryl methyl sites for hydroxylation is 1. The molecule has 1 aliphatic rings. The first-order valence-electron chi connectivity index (χ1n) is 7.04. The molecular formula is C14H19N3O3S. The van der Waals surface area contributed by atoms with Crippen molar-refractivity contribution in [2.45, 2.75) is 32.7 Å². The second kappa shape index (κ2) is 4.91. The van der Waals surface area contributed by atoms with Gasteiger partial charge in [0, 0.05) is 5.56 Å². The van der Waals surface area contributed by atoms with Crippen molar-refractivity contribution in [1.82, 2.24) is 9.78 Å². The van der Waals surface area contributed by atoms with E-state index in [9.17, 15) is 8.42 Å². The van der Waals surface area contributed by atoms with Gasteiger partial charge in [-0.2, -0.15) is 5.10 Å². The van der Waals surface area contributed by atoms with Crippen LogP contribution in [0.2, 0.25) is 0 Å². The smallest absolute Gasteiger partial charge is 0.157 e. The van der Waals surface area contributed by atoms with Gasteiger partial charge in [0.1, 0.15) is 11.5 Å². The molecule has 3 heterocycles. The molecule has 1 saturated heterocycles. The van der Waals surface area contributed by atoms with E-state index < -0.39 is 9.84 Å². The number of sulfone groups is 1. The van der Waals surface area contributed by atoms with Gasteiger partial charge in [-0.1, -0.05) is 6.92 Å². The third-order valence-corrected chi connectivity index (χ3v) is 5.78. The standard InChI is InChI=1S/C14H19N3O3S/c1-3-11-12(13-9(2)4-6-20-13)16-17(14(11)15)10-5-7-21(18,19)8-10/h4,6,10H,3,5,7-8,15H2,1-2H3. The van der Waals surface area contributed by atoms with Crippen molar-refractivity contribution < 1.29 is 12.8 Å². The van der Waals surface area contributed by atoms with Gasteiger partial charge in [-0.15, -0.1) is 0 Å². The summed E-state index contributed by atoms with van der Waals surface area (Å²) in [7, 11) is -2.97. The minimum absolute atomic E-state index is 0.110. The number of nitrogens with zero attached hydrogens (tertiary/aromatic N) is 2. The van der Waals surface area contributed by atoms with Crippen molar-refractivity contribution in [3.05, 3.63) is 23.5 Å².